The Hall–Kier alpha value is -1.10. The summed E-state index contributed by atoms with van der Waals surface area (Å²) in [5.74, 6) is 0.0857. The van der Waals surface area contributed by atoms with Gasteiger partial charge in [0.25, 0.3) is 0 Å². The fourth-order valence-electron chi connectivity index (χ4n) is 2.61. The molecule has 1 N–H and O–H groups in total. The van der Waals surface area contributed by atoms with Crippen LogP contribution in [0.1, 0.15) is 47.5 Å². The molecule has 0 aromatic heterocycles. The van der Waals surface area contributed by atoms with Gasteiger partial charge in [-0.1, -0.05) is 20.8 Å². The Morgan fingerprint density at radius 3 is 2.50 bits per heavy atom. The van der Waals surface area contributed by atoms with Gasteiger partial charge in [0, 0.05) is 19.8 Å². The third-order valence-electron chi connectivity index (χ3n) is 3.97. The summed E-state index contributed by atoms with van der Waals surface area (Å²) in [6.07, 6.45) is 1.36. The molecule has 0 bridgehead atoms. The van der Waals surface area contributed by atoms with Crippen molar-refractivity contribution in [3.8, 4) is 0 Å². The van der Waals surface area contributed by atoms with Gasteiger partial charge in [0.1, 0.15) is 11.6 Å². The van der Waals surface area contributed by atoms with Crippen molar-refractivity contribution in [1.29, 1.82) is 0 Å². The van der Waals surface area contributed by atoms with E-state index in [-0.39, 0.29) is 23.8 Å². The van der Waals surface area contributed by atoms with Crippen LogP contribution in [-0.4, -0.2) is 48.1 Å². The van der Waals surface area contributed by atoms with Crippen LogP contribution in [0, 0.1) is 5.92 Å². The van der Waals surface area contributed by atoms with Gasteiger partial charge in [-0.25, -0.2) is 0 Å². The van der Waals surface area contributed by atoms with Gasteiger partial charge >= 0.3 is 0 Å². The van der Waals surface area contributed by atoms with Crippen LogP contribution in [0.2, 0.25) is 0 Å². The first-order valence-electron chi connectivity index (χ1n) is 7.58. The summed E-state index contributed by atoms with van der Waals surface area (Å²) in [4.78, 5) is 26.7. The van der Waals surface area contributed by atoms with Crippen LogP contribution in [0.5, 0.6) is 0 Å². The number of piperazine rings is 1. The lowest BCUT2D eigenvalue weighted by atomic mass is 9.88. The van der Waals surface area contributed by atoms with E-state index in [4.69, 9.17) is 4.74 Å². The predicted molar refractivity (Wildman–Crippen MR) is 78.3 cm³/mol. The van der Waals surface area contributed by atoms with Crippen molar-refractivity contribution in [2.45, 2.75) is 59.0 Å². The number of carbonyl (C=O) groups excluding carboxylic acids is 2. The third kappa shape index (κ3) is 3.51. The molecule has 0 saturated carbocycles. The molecule has 0 aromatic carbocycles. The molecule has 0 aromatic rings. The van der Waals surface area contributed by atoms with E-state index in [0.29, 0.717) is 26.2 Å². The molecule has 116 valence electrons. The molecule has 0 spiro atoms. The molecule has 0 aliphatic carbocycles. The van der Waals surface area contributed by atoms with E-state index in [1.165, 1.54) is 0 Å². The molecule has 5 nitrogen and oxygen atoms in total. The molecule has 1 saturated heterocycles. The molecule has 1 heterocycles. The topological polar surface area (TPSA) is 58.6 Å². The first-order chi connectivity index (χ1) is 9.37. The number of nitrogens with zero attached hydrogens (tertiary/aromatic N) is 1. The van der Waals surface area contributed by atoms with E-state index in [1.54, 1.807) is 11.8 Å². The minimum absolute atomic E-state index is 0.0230. The second-order valence-electron chi connectivity index (χ2n) is 5.91. The van der Waals surface area contributed by atoms with E-state index < -0.39 is 5.54 Å². The molecule has 0 radical (unpaired) electrons. The quantitative estimate of drug-likeness (QED) is 0.722. The molecule has 2 amide bonds. The van der Waals surface area contributed by atoms with E-state index >= 15 is 0 Å². The molecule has 2 atom stereocenters. The Labute approximate surface area is 122 Å². The zero-order valence-electron chi connectivity index (χ0n) is 13.4. The van der Waals surface area contributed by atoms with Crippen LogP contribution in [0.25, 0.3) is 0 Å². The van der Waals surface area contributed by atoms with Crippen molar-refractivity contribution < 1.29 is 14.3 Å². The van der Waals surface area contributed by atoms with Crippen molar-refractivity contribution in [2.24, 2.45) is 5.92 Å². The second-order valence-corrected chi connectivity index (χ2v) is 5.91. The maximum absolute atomic E-state index is 12.7. The predicted octanol–water partition coefficient (Wildman–Crippen LogP) is 1.56. The van der Waals surface area contributed by atoms with Gasteiger partial charge < -0.3 is 15.0 Å². The monoisotopic (exact) mass is 284 g/mol. The number of rotatable bonds is 7. The molecule has 5 heteroatoms. The summed E-state index contributed by atoms with van der Waals surface area (Å²) in [6.45, 7) is 11.5. The second kappa shape index (κ2) is 7.07. The molecule has 1 fully saturated rings. The van der Waals surface area contributed by atoms with Crippen LogP contribution in [0.15, 0.2) is 0 Å². The van der Waals surface area contributed by atoms with E-state index in [2.05, 4.69) is 5.32 Å². The minimum Gasteiger partial charge on any atom is -0.382 e. The van der Waals surface area contributed by atoms with Crippen LogP contribution >= 0.6 is 0 Å². The summed E-state index contributed by atoms with van der Waals surface area (Å²) in [5.41, 5.74) is -0.770. The molecule has 1 aliphatic heterocycles. The highest BCUT2D eigenvalue weighted by Gasteiger charge is 2.47. The molecule has 1 aliphatic rings. The van der Waals surface area contributed by atoms with Gasteiger partial charge in [0.05, 0.1) is 0 Å². The summed E-state index contributed by atoms with van der Waals surface area (Å²) in [7, 11) is 0. The Morgan fingerprint density at radius 1 is 1.35 bits per heavy atom. The summed E-state index contributed by atoms with van der Waals surface area (Å²) in [5, 5.41) is 2.89. The van der Waals surface area contributed by atoms with E-state index in [9.17, 15) is 9.59 Å². The Morgan fingerprint density at radius 2 is 2.00 bits per heavy atom. The number of amides is 2. The number of nitrogens with one attached hydrogen (secondary N) is 1. The lowest BCUT2D eigenvalue weighted by Gasteiger charge is -2.45. The number of carbonyl (C=O) groups is 2. The largest absolute Gasteiger partial charge is 0.382 e. The highest BCUT2D eigenvalue weighted by molar-refractivity contribution is 5.99. The maximum Gasteiger partial charge on any atom is 0.248 e. The number of hydrogen-bond donors (Lipinski definition) is 1. The van der Waals surface area contributed by atoms with Crippen LogP contribution in [0.4, 0.5) is 0 Å². The van der Waals surface area contributed by atoms with Gasteiger partial charge in [-0.3, -0.25) is 9.59 Å². The van der Waals surface area contributed by atoms with Gasteiger partial charge in [-0.2, -0.15) is 0 Å². The zero-order valence-corrected chi connectivity index (χ0v) is 13.4. The van der Waals surface area contributed by atoms with Crippen molar-refractivity contribution in [3.63, 3.8) is 0 Å². The molecule has 2 unspecified atom stereocenters. The first-order valence-corrected chi connectivity index (χ1v) is 7.58. The van der Waals surface area contributed by atoms with Crippen molar-refractivity contribution in [3.05, 3.63) is 0 Å². The normalized spacial score (nSPS) is 27.1. The van der Waals surface area contributed by atoms with Gasteiger partial charge in [-0.05, 0) is 32.6 Å². The van der Waals surface area contributed by atoms with Crippen LogP contribution < -0.4 is 5.32 Å². The minimum atomic E-state index is -0.770. The van der Waals surface area contributed by atoms with Gasteiger partial charge in [0.2, 0.25) is 11.8 Å². The van der Waals surface area contributed by atoms with Crippen LogP contribution in [-0.2, 0) is 14.3 Å². The van der Waals surface area contributed by atoms with Crippen molar-refractivity contribution in [2.75, 3.05) is 19.8 Å². The lowest BCUT2D eigenvalue weighted by molar-refractivity contribution is -0.156. The van der Waals surface area contributed by atoms with E-state index in [0.717, 1.165) is 6.42 Å². The Bertz CT molecular complexity index is 357. The summed E-state index contributed by atoms with van der Waals surface area (Å²) < 4.78 is 5.32. The number of ether oxygens (including phenoxy) is 1. The molecular formula is C15H28N2O3. The van der Waals surface area contributed by atoms with Gasteiger partial charge in [0.15, 0.2) is 0 Å². The molecule has 20 heavy (non-hydrogen) atoms. The third-order valence-corrected chi connectivity index (χ3v) is 3.97. The van der Waals surface area contributed by atoms with Crippen molar-refractivity contribution in [1.82, 2.24) is 10.2 Å². The van der Waals surface area contributed by atoms with Crippen LogP contribution in [0.3, 0.4) is 0 Å². The fourth-order valence-corrected chi connectivity index (χ4v) is 2.61. The highest BCUT2D eigenvalue weighted by atomic mass is 16.5. The zero-order chi connectivity index (χ0) is 15.3. The standard InChI is InChI=1S/C15H28N2O3/c1-6-15(5)14(19)17(9-8-10-20-7-2)12(11(3)4)13(18)16-15/h11-12H,6-10H2,1-5H3,(H,16,18). The van der Waals surface area contributed by atoms with Gasteiger partial charge in [-0.15, -0.1) is 0 Å². The maximum atomic E-state index is 12.7. The first kappa shape index (κ1) is 17.0. The summed E-state index contributed by atoms with van der Waals surface area (Å²) >= 11 is 0. The Balaban J connectivity index is 2.85. The molecular weight excluding hydrogens is 256 g/mol. The SMILES string of the molecule is CCOCCCN1C(=O)C(C)(CC)NC(=O)C1C(C)C. The number of hydrogen-bond acceptors (Lipinski definition) is 3. The Kier molecular flexibility index (Phi) is 5.99. The fraction of sp³-hybridized carbons (Fsp3) is 0.867. The average molecular weight is 284 g/mol. The highest BCUT2D eigenvalue weighted by Crippen LogP contribution is 2.25. The van der Waals surface area contributed by atoms with Crippen molar-refractivity contribution >= 4 is 11.8 Å². The summed E-state index contributed by atoms with van der Waals surface area (Å²) in [6, 6.07) is -0.372. The average Bonchev–Trinajstić information content (AvgIpc) is 2.39. The lowest BCUT2D eigenvalue weighted by Crippen LogP contribution is -2.70. The smallest absolute Gasteiger partial charge is 0.248 e. The van der Waals surface area contributed by atoms with E-state index in [1.807, 2.05) is 27.7 Å². The molecule has 1 rings (SSSR count).